The highest BCUT2D eigenvalue weighted by Gasteiger charge is 2.16. The second-order valence-corrected chi connectivity index (χ2v) is 6.62. The van der Waals surface area contributed by atoms with Crippen LogP contribution in [0, 0.1) is 6.92 Å². The van der Waals surface area contributed by atoms with Crippen molar-refractivity contribution in [2.24, 2.45) is 12.8 Å². The molecule has 1 unspecified atom stereocenters. The number of rotatable bonds is 6. The molecule has 2 N–H and O–H groups in total. The van der Waals surface area contributed by atoms with Crippen LogP contribution in [0.5, 0.6) is 0 Å². The van der Waals surface area contributed by atoms with Gasteiger partial charge in [0.05, 0.1) is 10.7 Å². The number of halogens is 1. The highest BCUT2D eigenvalue weighted by molar-refractivity contribution is 7.98. The highest BCUT2D eigenvalue weighted by Crippen LogP contribution is 2.30. The molecule has 0 fully saturated rings. The van der Waals surface area contributed by atoms with E-state index in [1.807, 2.05) is 29.9 Å². The molecule has 1 aromatic heterocycles. The van der Waals surface area contributed by atoms with Crippen molar-refractivity contribution in [1.29, 1.82) is 0 Å². The lowest BCUT2D eigenvalue weighted by molar-refractivity contribution is 0.631. The van der Waals surface area contributed by atoms with Crippen molar-refractivity contribution in [2.45, 2.75) is 43.5 Å². The molecule has 0 saturated heterocycles. The Morgan fingerprint density at radius 2 is 2.10 bits per heavy atom. The maximum absolute atomic E-state index is 6.23. The molecule has 0 aliphatic carbocycles. The van der Waals surface area contributed by atoms with Crippen molar-refractivity contribution < 1.29 is 0 Å². The van der Waals surface area contributed by atoms with Crippen LogP contribution in [0.2, 0.25) is 5.02 Å². The second kappa shape index (κ2) is 7.34. The predicted octanol–water partition coefficient (Wildman–Crippen LogP) is 3.95. The number of aromatic nitrogens is 2. The van der Waals surface area contributed by atoms with E-state index in [-0.39, 0.29) is 6.04 Å². The monoisotopic (exact) mass is 323 g/mol. The van der Waals surface area contributed by atoms with Crippen LogP contribution in [0.4, 0.5) is 0 Å². The molecule has 1 heterocycles. The molecule has 2 aromatic rings. The average Bonchev–Trinajstić information content (AvgIpc) is 2.72. The lowest BCUT2D eigenvalue weighted by Crippen LogP contribution is -2.21. The van der Waals surface area contributed by atoms with Crippen molar-refractivity contribution in [1.82, 2.24) is 9.78 Å². The quantitative estimate of drug-likeness (QED) is 0.818. The molecule has 0 saturated carbocycles. The van der Waals surface area contributed by atoms with Crippen LogP contribution in [0.25, 0.3) is 0 Å². The van der Waals surface area contributed by atoms with Gasteiger partial charge in [0.25, 0.3) is 0 Å². The molecule has 21 heavy (non-hydrogen) atoms. The Labute approximate surface area is 135 Å². The summed E-state index contributed by atoms with van der Waals surface area (Å²) in [6.07, 6.45) is 1.85. The third-order valence-corrected chi connectivity index (χ3v) is 5.21. The molecular formula is C16H22ClN3S. The molecule has 3 nitrogen and oxygen atoms in total. The lowest BCUT2D eigenvalue weighted by Gasteiger charge is -2.11. The first-order chi connectivity index (χ1) is 10.0. The average molecular weight is 324 g/mol. The van der Waals surface area contributed by atoms with Gasteiger partial charge in [-0.1, -0.05) is 36.7 Å². The molecule has 0 radical (unpaired) electrons. The van der Waals surface area contributed by atoms with Gasteiger partial charge in [-0.2, -0.15) is 5.10 Å². The molecule has 2 rings (SSSR count). The highest BCUT2D eigenvalue weighted by atomic mass is 35.5. The van der Waals surface area contributed by atoms with Crippen LogP contribution in [-0.2, 0) is 19.2 Å². The summed E-state index contributed by atoms with van der Waals surface area (Å²) in [7, 11) is 1.99. The van der Waals surface area contributed by atoms with Gasteiger partial charge in [0.1, 0.15) is 0 Å². The fourth-order valence-electron chi connectivity index (χ4n) is 2.26. The van der Waals surface area contributed by atoms with Crippen LogP contribution in [0.1, 0.15) is 30.2 Å². The van der Waals surface area contributed by atoms with E-state index in [0.29, 0.717) is 0 Å². The minimum Gasteiger partial charge on any atom is -0.327 e. The maximum Gasteiger partial charge on any atom is 0.0975 e. The predicted molar refractivity (Wildman–Crippen MR) is 90.9 cm³/mol. The zero-order valence-corrected chi connectivity index (χ0v) is 14.3. The summed E-state index contributed by atoms with van der Waals surface area (Å²) in [5.74, 6) is 0.840. The van der Waals surface area contributed by atoms with Gasteiger partial charge in [-0.15, -0.1) is 11.8 Å². The Balaban J connectivity index is 2.18. The van der Waals surface area contributed by atoms with Crippen molar-refractivity contribution >= 4 is 23.4 Å². The molecule has 0 aliphatic rings. The van der Waals surface area contributed by atoms with Crippen molar-refractivity contribution in [3.8, 4) is 0 Å². The summed E-state index contributed by atoms with van der Waals surface area (Å²) >= 11 is 8.00. The first-order valence-corrected chi connectivity index (χ1v) is 8.53. The third-order valence-electron chi connectivity index (χ3n) is 3.60. The first kappa shape index (κ1) is 16.4. The van der Waals surface area contributed by atoms with Crippen LogP contribution >= 0.6 is 23.4 Å². The number of nitrogens with zero attached hydrogens (tertiary/aromatic N) is 2. The van der Waals surface area contributed by atoms with E-state index in [1.165, 1.54) is 10.6 Å². The number of thioether (sulfide) groups is 1. The second-order valence-electron chi connectivity index (χ2n) is 5.25. The molecular weight excluding hydrogens is 302 g/mol. The maximum atomic E-state index is 6.23. The van der Waals surface area contributed by atoms with Gasteiger partial charge in [0.15, 0.2) is 0 Å². The zero-order valence-electron chi connectivity index (χ0n) is 12.8. The molecule has 0 amide bonds. The van der Waals surface area contributed by atoms with Gasteiger partial charge in [-0.3, -0.25) is 4.68 Å². The van der Waals surface area contributed by atoms with E-state index >= 15 is 0 Å². The number of benzene rings is 1. The topological polar surface area (TPSA) is 43.8 Å². The Kier molecular flexibility index (Phi) is 5.73. The smallest absolute Gasteiger partial charge is 0.0975 e. The van der Waals surface area contributed by atoms with Crippen LogP contribution in [0.15, 0.2) is 29.3 Å². The van der Waals surface area contributed by atoms with Crippen molar-refractivity contribution in [3.05, 3.63) is 46.1 Å². The van der Waals surface area contributed by atoms with Crippen LogP contribution in [0.3, 0.4) is 0 Å². The number of hydrogen-bond donors (Lipinski definition) is 1. The van der Waals surface area contributed by atoms with E-state index in [4.69, 9.17) is 17.3 Å². The molecule has 0 bridgehead atoms. The Bertz CT molecular complexity index is 610. The van der Waals surface area contributed by atoms with Crippen LogP contribution in [-0.4, -0.2) is 15.8 Å². The van der Waals surface area contributed by atoms with Gasteiger partial charge >= 0.3 is 0 Å². The summed E-state index contributed by atoms with van der Waals surface area (Å²) in [4.78, 5) is 0. The largest absolute Gasteiger partial charge is 0.327 e. The fourth-order valence-corrected chi connectivity index (χ4v) is 3.72. The Morgan fingerprint density at radius 3 is 2.76 bits per heavy atom. The van der Waals surface area contributed by atoms with Gasteiger partial charge in [0.2, 0.25) is 0 Å². The minimum atomic E-state index is 0.188. The summed E-state index contributed by atoms with van der Waals surface area (Å²) < 4.78 is 1.95. The van der Waals surface area contributed by atoms with Crippen molar-refractivity contribution in [3.63, 3.8) is 0 Å². The SMILES string of the molecule is CCC(N)Cc1c(C)nn(C)c1SCc1ccccc1Cl. The summed E-state index contributed by atoms with van der Waals surface area (Å²) in [5, 5.41) is 6.55. The van der Waals surface area contributed by atoms with Gasteiger partial charge in [-0.05, 0) is 31.4 Å². The van der Waals surface area contributed by atoms with E-state index < -0.39 is 0 Å². The van der Waals surface area contributed by atoms with Gasteiger partial charge < -0.3 is 5.73 Å². The molecule has 0 spiro atoms. The number of nitrogens with two attached hydrogens (primary N) is 1. The minimum absolute atomic E-state index is 0.188. The Hall–Kier alpha value is -0.970. The molecule has 5 heteroatoms. The van der Waals surface area contributed by atoms with Crippen molar-refractivity contribution in [2.75, 3.05) is 0 Å². The van der Waals surface area contributed by atoms with E-state index in [2.05, 4.69) is 25.0 Å². The molecule has 1 aromatic carbocycles. The number of hydrogen-bond acceptors (Lipinski definition) is 3. The lowest BCUT2D eigenvalue weighted by atomic mass is 10.1. The summed E-state index contributed by atoms with van der Waals surface area (Å²) in [5.41, 5.74) is 9.60. The zero-order chi connectivity index (χ0) is 15.4. The third kappa shape index (κ3) is 4.02. The number of aryl methyl sites for hydroxylation is 2. The normalized spacial score (nSPS) is 12.6. The Morgan fingerprint density at radius 1 is 1.38 bits per heavy atom. The van der Waals surface area contributed by atoms with Gasteiger partial charge in [-0.25, -0.2) is 0 Å². The summed E-state index contributed by atoms with van der Waals surface area (Å²) in [6, 6.07) is 8.16. The van der Waals surface area contributed by atoms with E-state index in [9.17, 15) is 0 Å². The molecule has 0 aliphatic heterocycles. The fraction of sp³-hybridized carbons (Fsp3) is 0.438. The molecule has 1 atom stereocenters. The van der Waals surface area contributed by atoms with Crippen LogP contribution < -0.4 is 5.73 Å². The molecule has 114 valence electrons. The first-order valence-electron chi connectivity index (χ1n) is 7.17. The van der Waals surface area contributed by atoms with Gasteiger partial charge in [0, 0.05) is 29.4 Å². The van der Waals surface area contributed by atoms with E-state index in [1.54, 1.807) is 11.8 Å². The standard InChI is InChI=1S/C16H22ClN3S/c1-4-13(18)9-14-11(2)19-20(3)16(14)21-10-12-7-5-6-8-15(12)17/h5-8,13H,4,9-10,18H2,1-3H3. The van der Waals surface area contributed by atoms with E-state index in [0.717, 1.165) is 34.9 Å². The summed E-state index contributed by atoms with van der Waals surface area (Å²) in [6.45, 7) is 4.17.